The number of fused-ring (bicyclic) bond motifs is 12. The number of furan rings is 2. The summed E-state index contributed by atoms with van der Waals surface area (Å²) < 4.78 is 14.1. The van der Waals surface area contributed by atoms with E-state index in [0.717, 1.165) is 72.1 Å². The molecule has 0 bridgehead atoms. The maximum absolute atomic E-state index is 7.42. The summed E-state index contributed by atoms with van der Waals surface area (Å²) in [5.74, 6) is 0. The van der Waals surface area contributed by atoms with Crippen molar-refractivity contribution in [3.8, 4) is 44.5 Å². The molecule has 0 spiro atoms. The molecule has 9 aromatic carbocycles. The van der Waals surface area contributed by atoms with Crippen molar-refractivity contribution in [3.05, 3.63) is 210 Å². The molecule has 2 heterocycles. The van der Waals surface area contributed by atoms with Gasteiger partial charge in [-0.1, -0.05) is 173 Å². The molecule has 0 unspecified atom stereocenters. The molecule has 0 fully saturated rings. The van der Waals surface area contributed by atoms with Gasteiger partial charge in [0, 0.05) is 49.3 Å². The number of hydrogen-bond donors (Lipinski definition) is 0. The Morgan fingerprint density at radius 2 is 0.905 bits per heavy atom. The average Bonchev–Trinajstić information content (AvgIpc) is 4.01. The zero-order chi connectivity index (χ0) is 42.2. The smallest absolute Gasteiger partial charge is 0.159 e. The van der Waals surface area contributed by atoms with E-state index in [2.05, 4.69) is 215 Å². The molecular weight excluding hydrogens is 767 g/mol. The van der Waals surface area contributed by atoms with Crippen molar-refractivity contribution in [1.29, 1.82) is 0 Å². The Bertz CT molecular complexity index is 3570. The Labute approximate surface area is 366 Å². The van der Waals surface area contributed by atoms with Crippen molar-refractivity contribution >= 4 is 60.9 Å². The zero-order valence-corrected chi connectivity index (χ0v) is 35.7. The highest BCUT2D eigenvalue weighted by Crippen LogP contribution is 2.54. The van der Waals surface area contributed by atoms with E-state index in [9.17, 15) is 0 Å². The number of rotatable bonds is 5. The summed E-state index contributed by atoms with van der Waals surface area (Å²) in [6, 6.07) is 68.4. The fourth-order valence-corrected chi connectivity index (χ4v) is 11.1. The van der Waals surface area contributed by atoms with Crippen molar-refractivity contribution in [3.63, 3.8) is 0 Å². The van der Waals surface area contributed by atoms with E-state index in [1.54, 1.807) is 0 Å². The van der Waals surface area contributed by atoms with Crippen LogP contribution in [-0.2, 0) is 10.8 Å². The quantitative estimate of drug-likeness (QED) is 0.173. The lowest BCUT2D eigenvalue weighted by Gasteiger charge is -2.29. The molecule has 0 saturated heterocycles. The molecule has 3 nitrogen and oxygen atoms in total. The van der Waals surface area contributed by atoms with E-state index in [0.29, 0.717) is 0 Å². The van der Waals surface area contributed by atoms with Gasteiger partial charge in [-0.3, -0.25) is 0 Å². The molecule has 2 aliphatic rings. The van der Waals surface area contributed by atoms with Gasteiger partial charge in [0.2, 0.25) is 0 Å². The molecule has 0 atom stereocenters. The van der Waals surface area contributed by atoms with Crippen molar-refractivity contribution in [2.45, 2.75) is 38.5 Å². The molecular formula is C60H43NO2. The average molecular weight is 810 g/mol. The van der Waals surface area contributed by atoms with Crippen LogP contribution in [0.2, 0.25) is 0 Å². The van der Waals surface area contributed by atoms with Crippen molar-refractivity contribution in [1.82, 2.24) is 0 Å². The van der Waals surface area contributed by atoms with E-state index in [1.807, 2.05) is 6.07 Å². The molecule has 0 radical (unpaired) electrons. The Hall–Kier alpha value is -7.62. The second kappa shape index (κ2) is 13.0. The van der Waals surface area contributed by atoms with E-state index in [1.165, 1.54) is 55.6 Å². The standard InChI is InChI=1S/C60H43NO2/c1-59(2)48-21-11-8-17-41(48)43-31-29-39(33-50(43)59)61(40-30-32-44-42-18-9-12-22-49(42)60(3,4)51(44)34-40)52-23-14-20-45-47-35-54-56(46-19-10-13-24-53(46)62-54)55(58(47)63-57(45)52)38-27-25-37(26-28-38)36-15-6-5-7-16-36/h5-35H,1-4H3. The van der Waals surface area contributed by atoms with Crippen LogP contribution in [-0.4, -0.2) is 0 Å². The minimum absolute atomic E-state index is 0.164. The second-order valence-electron chi connectivity index (χ2n) is 18.4. The van der Waals surface area contributed by atoms with Crippen LogP contribution >= 0.6 is 0 Å². The third-order valence-electron chi connectivity index (χ3n) is 14.3. The van der Waals surface area contributed by atoms with Gasteiger partial charge in [0.25, 0.3) is 0 Å². The van der Waals surface area contributed by atoms with Gasteiger partial charge in [0.1, 0.15) is 16.7 Å². The summed E-state index contributed by atoms with van der Waals surface area (Å²) in [4.78, 5) is 2.43. The Morgan fingerprint density at radius 1 is 0.365 bits per heavy atom. The van der Waals surface area contributed by atoms with Gasteiger partial charge < -0.3 is 13.7 Å². The SMILES string of the molecule is CC1(C)c2ccccc2-c2ccc(N(c3ccc4c(c3)C(C)(C)c3ccccc3-4)c3cccc4c3oc3c(-c5ccc(-c6ccccc6)cc5)c5c(cc34)oc3ccccc35)cc21. The Kier molecular flexibility index (Phi) is 7.42. The van der Waals surface area contributed by atoms with Crippen LogP contribution in [0.25, 0.3) is 88.4 Å². The van der Waals surface area contributed by atoms with Gasteiger partial charge in [-0.2, -0.15) is 0 Å². The highest BCUT2D eigenvalue weighted by Gasteiger charge is 2.38. The van der Waals surface area contributed by atoms with Gasteiger partial charge in [-0.05, 0) is 104 Å². The Balaban J connectivity index is 1.07. The molecule has 0 aliphatic heterocycles. The number of anilines is 3. The highest BCUT2D eigenvalue weighted by atomic mass is 16.3. The molecule has 13 rings (SSSR count). The molecule has 2 aliphatic carbocycles. The minimum Gasteiger partial charge on any atom is -0.456 e. The maximum Gasteiger partial charge on any atom is 0.159 e. The van der Waals surface area contributed by atoms with E-state index in [4.69, 9.17) is 8.83 Å². The van der Waals surface area contributed by atoms with Gasteiger partial charge >= 0.3 is 0 Å². The molecule has 63 heavy (non-hydrogen) atoms. The van der Waals surface area contributed by atoms with Gasteiger partial charge in [-0.25, -0.2) is 0 Å². The first-order valence-electron chi connectivity index (χ1n) is 22.0. The predicted octanol–water partition coefficient (Wildman–Crippen LogP) is 16.9. The fraction of sp³-hybridized carbons (Fsp3) is 0.100. The van der Waals surface area contributed by atoms with E-state index >= 15 is 0 Å². The molecule has 11 aromatic rings. The summed E-state index contributed by atoms with van der Waals surface area (Å²) in [6.45, 7) is 9.42. The summed E-state index contributed by atoms with van der Waals surface area (Å²) in [5.41, 5.74) is 21.3. The van der Waals surface area contributed by atoms with Gasteiger partial charge in [-0.15, -0.1) is 0 Å². The Morgan fingerprint density at radius 3 is 1.57 bits per heavy atom. The van der Waals surface area contributed by atoms with Crippen LogP contribution in [0, 0.1) is 0 Å². The predicted molar refractivity (Wildman–Crippen MR) is 262 cm³/mol. The van der Waals surface area contributed by atoms with E-state index in [-0.39, 0.29) is 10.8 Å². The van der Waals surface area contributed by atoms with Gasteiger partial charge in [0.15, 0.2) is 5.58 Å². The topological polar surface area (TPSA) is 29.5 Å². The normalized spacial score (nSPS) is 14.3. The number of nitrogens with zero attached hydrogens (tertiary/aromatic N) is 1. The van der Waals surface area contributed by atoms with Crippen molar-refractivity contribution < 1.29 is 8.83 Å². The number of benzene rings is 9. The largest absolute Gasteiger partial charge is 0.456 e. The lowest BCUT2D eigenvalue weighted by atomic mass is 9.82. The molecule has 300 valence electrons. The molecule has 0 N–H and O–H groups in total. The van der Waals surface area contributed by atoms with E-state index < -0.39 is 0 Å². The summed E-state index contributed by atoms with van der Waals surface area (Å²) in [7, 11) is 0. The third kappa shape index (κ3) is 5.08. The van der Waals surface area contributed by atoms with Crippen LogP contribution in [0.15, 0.2) is 197 Å². The first-order valence-corrected chi connectivity index (χ1v) is 22.0. The maximum atomic E-state index is 7.42. The lowest BCUT2D eigenvalue weighted by Crippen LogP contribution is -2.18. The van der Waals surface area contributed by atoms with Gasteiger partial charge in [0.05, 0.1) is 5.69 Å². The third-order valence-corrected chi connectivity index (χ3v) is 14.3. The highest BCUT2D eigenvalue weighted by molar-refractivity contribution is 6.24. The van der Waals surface area contributed by atoms with Crippen molar-refractivity contribution in [2.75, 3.05) is 4.90 Å². The van der Waals surface area contributed by atoms with Crippen LogP contribution in [0.3, 0.4) is 0 Å². The van der Waals surface area contributed by atoms with Crippen LogP contribution in [0.1, 0.15) is 49.9 Å². The van der Waals surface area contributed by atoms with Crippen molar-refractivity contribution in [2.24, 2.45) is 0 Å². The first-order chi connectivity index (χ1) is 30.8. The second-order valence-corrected chi connectivity index (χ2v) is 18.4. The summed E-state index contributed by atoms with van der Waals surface area (Å²) in [5, 5.41) is 4.20. The lowest BCUT2D eigenvalue weighted by molar-refractivity contribution is 0.659. The van der Waals surface area contributed by atoms with Crippen LogP contribution in [0.5, 0.6) is 0 Å². The van der Waals surface area contributed by atoms with Crippen LogP contribution in [0.4, 0.5) is 17.1 Å². The molecule has 0 amide bonds. The molecule has 0 saturated carbocycles. The monoisotopic (exact) mass is 809 g/mol. The first kappa shape index (κ1) is 36.1. The zero-order valence-electron chi connectivity index (χ0n) is 35.7. The molecule has 2 aromatic heterocycles. The number of hydrogen-bond acceptors (Lipinski definition) is 3. The molecule has 3 heteroatoms. The minimum atomic E-state index is -0.164. The summed E-state index contributed by atoms with van der Waals surface area (Å²) in [6.07, 6.45) is 0. The van der Waals surface area contributed by atoms with Crippen LogP contribution < -0.4 is 4.90 Å². The fourth-order valence-electron chi connectivity index (χ4n) is 11.1. The summed E-state index contributed by atoms with van der Waals surface area (Å²) >= 11 is 0. The number of para-hydroxylation sites is 2.